The maximum Gasteiger partial charge on any atom is 0.407 e. The number of hydrogen-bond donors (Lipinski definition) is 3. The lowest BCUT2D eigenvalue weighted by molar-refractivity contribution is 0.0585. The zero-order chi connectivity index (χ0) is 33.7. The normalized spacial score (nSPS) is 9.70. The predicted octanol–water partition coefficient (Wildman–Crippen LogP) is 3.82. The number of methoxy groups -OCH3 is 4. The van der Waals surface area contributed by atoms with Crippen LogP contribution in [0.25, 0.3) is 0 Å². The fourth-order valence-electron chi connectivity index (χ4n) is 3.45. The highest BCUT2D eigenvalue weighted by atomic mass is 16.5. The van der Waals surface area contributed by atoms with E-state index in [4.69, 9.17) is 25.1 Å². The fourth-order valence-corrected chi connectivity index (χ4v) is 3.45. The molecule has 0 atom stereocenters. The zero-order valence-electron chi connectivity index (χ0n) is 26.1. The van der Waals surface area contributed by atoms with E-state index in [1.165, 1.54) is 38.7 Å². The highest BCUT2D eigenvalue weighted by Crippen LogP contribution is 2.12. The van der Waals surface area contributed by atoms with E-state index in [1.807, 2.05) is 48.5 Å². The van der Waals surface area contributed by atoms with Gasteiger partial charge in [-0.25, -0.2) is 24.4 Å². The molecule has 0 fully saturated rings. The van der Waals surface area contributed by atoms with E-state index in [2.05, 4.69) is 24.8 Å². The summed E-state index contributed by atoms with van der Waals surface area (Å²) in [5.74, 6) is 0.587. The molecule has 0 saturated heterocycles. The smallest absolute Gasteiger partial charge is 0.407 e. The van der Waals surface area contributed by atoms with Crippen molar-refractivity contribution < 1.29 is 43.2 Å². The fraction of sp³-hybridized carbons (Fsp3) is 0.242. The molecule has 4 N–H and O–H groups in total. The van der Waals surface area contributed by atoms with Crippen molar-refractivity contribution in [1.29, 1.82) is 0 Å². The number of nitrogens with two attached hydrogens (primary N) is 1. The largest absolute Gasteiger partial charge is 0.497 e. The van der Waals surface area contributed by atoms with Gasteiger partial charge in [0, 0.05) is 25.5 Å². The molecule has 0 unspecified atom stereocenters. The molecule has 13 nitrogen and oxygen atoms in total. The van der Waals surface area contributed by atoms with Crippen LogP contribution in [-0.2, 0) is 40.5 Å². The van der Waals surface area contributed by atoms with Gasteiger partial charge in [0.1, 0.15) is 29.5 Å². The van der Waals surface area contributed by atoms with E-state index in [0.717, 1.165) is 22.6 Å². The van der Waals surface area contributed by atoms with Crippen LogP contribution in [0.3, 0.4) is 0 Å². The lowest BCUT2D eigenvalue weighted by Crippen LogP contribution is -2.23. The molecule has 4 aromatic rings. The molecule has 2 aromatic heterocycles. The third kappa shape index (κ3) is 13.0. The first-order valence-electron chi connectivity index (χ1n) is 13.8. The number of benzene rings is 2. The molecule has 0 aliphatic carbocycles. The monoisotopic (exact) mass is 634 g/mol. The molecular formula is C33H38N4O9. The van der Waals surface area contributed by atoms with Crippen LogP contribution in [0.15, 0.2) is 85.2 Å². The summed E-state index contributed by atoms with van der Waals surface area (Å²) >= 11 is 0. The number of amides is 1. The van der Waals surface area contributed by atoms with Crippen LogP contribution in [-0.4, -0.2) is 61.5 Å². The van der Waals surface area contributed by atoms with Crippen molar-refractivity contribution in [3.63, 3.8) is 0 Å². The summed E-state index contributed by atoms with van der Waals surface area (Å²) in [6.45, 7) is 0.851. The summed E-state index contributed by atoms with van der Waals surface area (Å²) in [6.07, 6.45) is 2.36. The molecule has 46 heavy (non-hydrogen) atoms. The Labute approximate surface area is 267 Å². The Balaban J connectivity index is 0.000000277. The van der Waals surface area contributed by atoms with Gasteiger partial charge in [-0.05, 0) is 70.8 Å². The van der Waals surface area contributed by atoms with Gasteiger partial charge in [-0.3, -0.25) is 0 Å². The third-order valence-corrected chi connectivity index (χ3v) is 5.98. The summed E-state index contributed by atoms with van der Waals surface area (Å²) in [6, 6.07) is 21.3. The highest BCUT2D eigenvalue weighted by Gasteiger charge is 2.09. The molecule has 0 radical (unpaired) electrons. The second-order valence-corrected chi connectivity index (χ2v) is 9.07. The molecule has 2 aromatic carbocycles. The predicted molar refractivity (Wildman–Crippen MR) is 168 cm³/mol. The Kier molecular flexibility index (Phi) is 16.3. The number of hydrogen-bond acceptors (Lipinski definition) is 12. The van der Waals surface area contributed by atoms with Crippen LogP contribution in [0.1, 0.15) is 43.2 Å². The molecule has 13 heteroatoms. The van der Waals surface area contributed by atoms with Crippen molar-refractivity contribution in [2.24, 2.45) is 5.73 Å². The summed E-state index contributed by atoms with van der Waals surface area (Å²) in [5, 5.41) is 11.4. The summed E-state index contributed by atoms with van der Waals surface area (Å²) in [7, 11) is 5.81. The summed E-state index contributed by atoms with van der Waals surface area (Å²) in [4.78, 5) is 41.7. The quantitative estimate of drug-likeness (QED) is 0.170. The van der Waals surface area contributed by atoms with Gasteiger partial charge in [-0.15, -0.1) is 0 Å². The number of esters is 2. The first-order chi connectivity index (χ1) is 22.3. The average Bonchev–Trinajstić information content (AvgIpc) is 3.13. The van der Waals surface area contributed by atoms with Crippen molar-refractivity contribution in [2.75, 3.05) is 28.4 Å². The van der Waals surface area contributed by atoms with E-state index in [9.17, 15) is 14.4 Å². The molecule has 0 aliphatic rings. The minimum atomic E-state index is -0.553. The van der Waals surface area contributed by atoms with E-state index >= 15 is 0 Å². The van der Waals surface area contributed by atoms with Gasteiger partial charge >= 0.3 is 18.0 Å². The van der Waals surface area contributed by atoms with Gasteiger partial charge in [0.05, 0.1) is 35.0 Å². The summed E-state index contributed by atoms with van der Waals surface area (Å²) in [5.41, 5.74) is 9.11. The SMILES string of the molecule is COC(=O)c1cc(CO)ccn1.COC(=O)c1cc(COC(=O)NCc2ccc(OC)cc2)ccn1.COc1ccc(CN)cc1. The number of aliphatic hydroxyl groups excluding tert-OH is 1. The minimum absolute atomic E-state index is 0.0287. The lowest BCUT2D eigenvalue weighted by atomic mass is 10.2. The van der Waals surface area contributed by atoms with Crippen LogP contribution in [0.5, 0.6) is 11.5 Å². The molecule has 244 valence electrons. The number of nitrogens with one attached hydrogen (secondary N) is 1. The summed E-state index contributed by atoms with van der Waals surface area (Å²) < 4.78 is 24.2. The Morgan fingerprint density at radius 3 is 1.63 bits per heavy atom. The van der Waals surface area contributed by atoms with Crippen molar-refractivity contribution in [3.8, 4) is 11.5 Å². The van der Waals surface area contributed by atoms with Gasteiger partial charge in [-0.1, -0.05) is 24.3 Å². The lowest BCUT2D eigenvalue weighted by Gasteiger charge is -2.08. The van der Waals surface area contributed by atoms with Gasteiger partial charge in [0.15, 0.2) is 0 Å². The molecule has 0 saturated carbocycles. The van der Waals surface area contributed by atoms with Crippen LogP contribution in [0, 0.1) is 0 Å². The van der Waals surface area contributed by atoms with Gasteiger partial charge in [-0.2, -0.15) is 0 Å². The van der Waals surface area contributed by atoms with E-state index in [1.54, 1.807) is 26.4 Å². The number of pyridine rings is 2. The average molecular weight is 635 g/mol. The maximum atomic E-state index is 11.7. The van der Waals surface area contributed by atoms with Crippen molar-refractivity contribution in [2.45, 2.75) is 26.3 Å². The standard InChI is InChI=1S/C17H18N2O5.C8H9NO3.C8H11NO/c1-22-14-5-3-12(4-6-14)10-19-17(21)24-11-13-7-8-18-15(9-13)16(20)23-2;1-12-8(11)7-4-6(5-10)2-3-9-7;1-10-8-4-2-7(6-9)3-5-8/h3-9H,10-11H2,1-2H3,(H,19,21);2-4,10H,5H2,1H3;2-5H,6,9H2,1H3. The van der Waals surface area contributed by atoms with Crippen LogP contribution in [0.2, 0.25) is 0 Å². The van der Waals surface area contributed by atoms with Crippen LogP contribution < -0.4 is 20.5 Å². The van der Waals surface area contributed by atoms with Crippen molar-refractivity contribution in [1.82, 2.24) is 15.3 Å². The van der Waals surface area contributed by atoms with Gasteiger partial charge in [0.25, 0.3) is 0 Å². The molecular weight excluding hydrogens is 596 g/mol. The number of aromatic nitrogens is 2. The number of nitrogens with zero attached hydrogens (tertiary/aromatic N) is 2. The zero-order valence-corrected chi connectivity index (χ0v) is 26.1. The molecule has 4 rings (SSSR count). The molecule has 0 aliphatic heterocycles. The number of rotatable bonds is 10. The molecule has 2 heterocycles. The highest BCUT2D eigenvalue weighted by molar-refractivity contribution is 5.87. The number of carbonyl (C=O) groups is 3. The van der Waals surface area contributed by atoms with Crippen molar-refractivity contribution >= 4 is 18.0 Å². The molecule has 1 amide bonds. The Morgan fingerprint density at radius 1 is 0.696 bits per heavy atom. The number of ether oxygens (including phenoxy) is 5. The minimum Gasteiger partial charge on any atom is -0.497 e. The Bertz CT molecular complexity index is 1490. The maximum absolute atomic E-state index is 11.7. The van der Waals surface area contributed by atoms with Gasteiger partial charge in [0.2, 0.25) is 0 Å². The van der Waals surface area contributed by atoms with Gasteiger partial charge < -0.3 is 39.8 Å². The molecule has 0 bridgehead atoms. The van der Waals surface area contributed by atoms with E-state index < -0.39 is 18.0 Å². The number of aliphatic hydroxyl groups is 1. The second-order valence-electron chi connectivity index (χ2n) is 9.07. The number of carbonyl (C=O) groups excluding carboxylic acids is 3. The Morgan fingerprint density at radius 2 is 1.17 bits per heavy atom. The van der Waals surface area contributed by atoms with E-state index in [0.29, 0.717) is 24.2 Å². The third-order valence-electron chi connectivity index (χ3n) is 5.98. The van der Waals surface area contributed by atoms with Crippen molar-refractivity contribution in [3.05, 3.63) is 119 Å². The first-order valence-corrected chi connectivity index (χ1v) is 13.8. The topological polar surface area (TPSA) is 181 Å². The van der Waals surface area contributed by atoms with E-state index in [-0.39, 0.29) is 24.6 Å². The Hall–Kier alpha value is -5.53. The molecule has 0 spiro atoms. The van der Waals surface area contributed by atoms with Crippen LogP contribution >= 0.6 is 0 Å². The number of alkyl carbamates (subject to hydrolysis) is 1. The second kappa shape index (κ2) is 20.4. The van der Waals surface area contributed by atoms with Crippen LogP contribution in [0.4, 0.5) is 4.79 Å². The first kappa shape index (κ1) is 36.7.